The lowest BCUT2D eigenvalue weighted by atomic mass is 10.1. The molecule has 50 heavy (non-hydrogen) atoms. The number of aryl methyl sites for hydroxylation is 3. The highest BCUT2D eigenvalue weighted by Crippen LogP contribution is 2.25. The van der Waals surface area contributed by atoms with E-state index in [1.165, 1.54) is 0 Å². The maximum absolute atomic E-state index is 11.1. The molecule has 0 unspecified atom stereocenters. The highest BCUT2D eigenvalue weighted by molar-refractivity contribution is 5.93. The molecular formula is C39H50N8O3. The lowest BCUT2D eigenvalue weighted by Crippen LogP contribution is -2.35. The Morgan fingerprint density at radius 1 is 0.460 bits per heavy atom. The maximum Gasteiger partial charge on any atom is 0.133 e. The Morgan fingerprint density at radius 2 is 0.780 bits per heavy atom. The summed E-state index contributed by atoms with van der Waals surface area (Å²) < 4.78 is 0. The third-order valence-electron chi connectivity index (χ3n) is 8.79. The van der Waals surface area contributed by atoms with Gasteiger partial charge in [0.1, 0.15) is 17.2 Å². The van der Waals surface area contributed by atoms with Crippen molar-refractivity contribution in [2.45, 2.75) is 27.3 Å². The molecule has 3 aromatic rings. The van der Waals surface area contributed by atoms with Gasteiger partial charge in [0.2, 0.25) is 0 Å². The summed E-state index contributed by atoms with van der Waals surface area (Å²) in [4.78, 5) is 27.9. The molecule has 0 atom stereocenters. The average molecular weight is 679 g/mol. The number of nitrogens with one attached hydrogen (secondary N) is 1. The third kappa shape index (κ3) is 10.6. The molecule has 0 radical (unpaired) electrons. The number of phenols is 3. The van der Waals surface area contributed by atoms with E-state index in [1.54, 1.807) is 31.1 Å². The van der Waals surface area contributed by atoms with Crippen molar-refractivity contribution in [1.82, 2.24) is 15.1 Å². The average Bonchev–Trinajstić information content (AvgIpc) is 3.08. The summed E-state index contributed by atoms with van der Waals surface area (Å²) in [6, 6.07) is 11.7. The zero-order valence-corrected chi connectivity index (χ0v) is 29.5. The standard InChI is InChI=1S/C39H50N8O3/c1-28-16-31-22-40-4-10-46-12-6-42-24-33-18-29(2)19-34(38(33)49)25-43-7-13-47(11-5-41-23-32(17-28)37(31)48)15-9-45-27-36-21-30(3)20-35(39(36)50)26-44-8-14-46/h16-26,45,48-50H,4-15,27H2,1-3H3. The van der Waals surface area contributed by atoms with Crippen molar-refractivity contribution in [3.63, 3.8) is 0 Å². The SMILES string of the molecule is Cc1cc2c(O)c(c1)C=NCCN1CCN=Cc3cc(C)cc(c3O)C=NCCN(CCN=C2)CCN=Cc2cc(C)cc(c2O)CNCC1. The summed E-state index contributed by atoms with van der Waals surface area (Å²) in [6.07, 6.45) is 8.71. The number of aliphatic imine (C=N–C) groups is 5. The molecule has 4 N–H and O–H groups in total. The Labute approximate surface area is 295 Å². The van der Waals surface area contributed by atoms with Crippen LogP contribution < -0.4 is 5.32 Å². The second kappa shape index (κ2) is 18.3. The van der Waals surface area contributed by atoms with Crippen molar-refractivity contribution < 1.29 is 15.3 Å². The molecule has 0 saturated carbocycles. The number of hydrogen-bond donors (Lipinski definition) is 4. The normalized spacial score (nSPS) is 19.8. The van der Waals surface area contributed by atoms with Gasteiger partial charge in [0.25, 0.3) is 0 Å². The van der Waals surface area contributed by atoms with E-state index in [2.05, 4.69) is 35.1 Å². The van der Waals surface area contributed by atoms with Gasteiger partial charge in [-0.05, 0) is 67.8 Å². The molecule has 3 aliphatic rings. The molecule has 0 saturated heterocycles. The first-order valence-electron chi connectivity index (χ1n) is 17.4. The van der Waals surface area contributed by atoms with Gasteiger partial charge in [-0.3, -0.25) is 34.8 Å². The van der Waals surface area contributed by atoms with Crippen molar-refractivity contribution in [2.75, 3.05) is 78.5 Å². The van der Waals surface area contributed by atoms with Crippen LogP contribution in [0.2, 0.25) is 0 Å². The molecule has 3 aliphatic heterocycles. The summed E-state index contributed by atoms with van der Waals surface area (Å²) in [5.74, 6) is 0.595. The molecule has 8 bridgehead atoms. The number of nitrogens with zero attached hydrogens (tertiary/aromatic N) is 7. The van der Waals surface area contributed by atoms with E-state index in [1.807, 2.05) is 57.2 Å². The highest BCUT2D eigenvalue weighted by Gasteiger charge is 2.12. The monoisotopic (exact) mass is 678 g/mol. The number of phenolic OH excluding ortho intramolecular Hbond substituents is 3. The minimum absolute atomic E-state index is 0.173. The number of hydrogen-bond acceptors (Lipinski definition) is 11. The second-order valence-electron chi connectivity index (χ2n) is 13.0. The smallest absolute Gasteiger partial charge is 0.133 e. The summed E-state index contributed by atoms with van der Waals surface area (Å²) in [5.41, 5.74) is 7.31. The maximum atomic E-state index is 11.1. The van der Waals surface area contributed by atoms with Crippen molar-refractivity contribution in [3.8, 4) is 17.2 Å². The zero-order chi connectivity index (χ0) is 35.3. The van der Waals surface area contributed by atoms with Gasteiger partial charge in [-0.1, -0.05) is 6.07 Å². The van der Waals surface area contributed by atoms with Gasteiger partial charge in [0, 0.05) is 117 Å². The van der Waals surface area contributed by atoms with Gasteiger partial charge in [-0.2, -0.15) is 0 Å². The number of aromatic hydroxyl groups is 3. The summed E-state index contributed by atoms with van der Waals surface area (Å²) in [6.45, 7) is 14.1. The molecule has 3 heterocycles. The summed E-state index contributed by atoms with van der Waals surface area (Å²) in [7, 11) is 0. The van der Waals surface area contributed by atoms with Gasteiger partial charge in [0.05, 0.1) is 32.7 Å². The van der Waals surface area contributed by atoms with Crippen LogP contribution in [-0.4, -0.2) is 135 Å². The van der Waals surface area contributed by atoms with Crippen molar-refractivity contribution in [2.24, 2.45) is 25.0 Å². The lowest BCUT2D eigenvalue weighted by Gasteiger charge is -2.21. The number of fused-ring (bicyclic) bond motifs is 13. The van der Waals surface area contributed by atoms with Crippen LogP contribution in [0.4, 0.5) is 0 Å². The number of benzene rings is 3. The van der Waals surface area contributed by atoms with E-state index in [9.17, 15) is 15.3 Å². The van der Waals surface area contributed by atoms with E-state index in [4.69, 9.17) is 4.99 Å². The fourth-order valence-corrected chi connectivity index (χ4v) is 6.12. The van der Waals surface area contributed by atoms with Gasteiger partial charge in [0.15, 0.2) is 0 Å². The van der Waals surface area contributed by atoms with Gasteiger partial charge >= 0.3 is 0 Å². The van der Waals surface area contributed by atoms with E-state index in [0.717, 1.165) is 28.8 Å². The van der Waals surface area contributed by atoms with Crippen molar-refractivity contribution in [3.05, 3.63) is 86.5 Å². The van der Waals surface area contributed by atoms with Gasteiger partial charge in [-0.25, -0.2) is 0 Å². The molecular weight excluding hydrogens is 628 g/mol. The molecule has 6 rings (SSSR count). The van der Waals surface area contributed by atoms with E-state index < -0.39 is 0 Å². The second-order valence-corrected chi connectivity index (χ2v) is 13.0. The van der Waals surface area contributed by atoms with Crippen LogP contribution in [0.25, 0.3) is 0 Å². The van der Waals surface area contributed by atoms with Crippen LogP contribution in [0.15, 0.2) is 61.4 Å². The Balaban J connectivity index is 1.49. The fourth-order valence-electron chi connectivity index (χ4n) is 6.12. The number of rotatable bonds is 0. The summed E-state index contributed by atoms with van der Waals surface area (Å²) in [5, 5.41) is 36.7. The topological polar surface area (TPSA) is 141 Å². The minimum Gasteiger partial charge on any atom is -0.507 e. The highest BCUT2D eigenvalue weighted by atomic mass is 16.3. The lowest BCUT2D eigenvalue weighted by molar-refractivity contribution is 0.288. The molecule has 0 aliphatic carbocycles. The molecule has 11 nitrogen and oxygen atoms in total. The van der Waals surface area contributed by atoms with Crippen LogP contribution >= 0.6 is 0 Å². The largest absolute Gasteiger partial charge is 0.507 e. The Hall–Kier alpha value is -4.71. The molecule has 3 aromatic carbocycles. The Kier molecular flexibility index (Phi) is 13.4. The van der Waals surface area contributed by atoms with E-state index in [0.29, 0.717) is 106 Å². The molecule has 264 valence electrons. The Morgan fingerprint density at radius 3 is 1.16 bits per heavy atom. The Bertz CT molecular complexity index is 1680. The molecule has 0 aromatic heterocycles. The first-order chi connectivity index (χ1) is 24.3. The molecule has 11 heteroatoms. The molecule has 0 spiro atoms. The quantitative estimate of drug-likeness (QED) is 0.284. The van der Waals surface area contributed by atoms with Crippen molar-refractivity contribution in [1.29, 1.82) is 0 Å². The van der Waals surface area contributed by atoms with E-state index in [-0.39, 0.29) is 17.2 Å². The van der Waals surface area contributed by atoms with Crippen LogP contribution in [0.3, 0.4) is 0 Å². The van der Waals surface area contributed by atoms with Crippen LogP contribution in [0, 0.1) is 20.8 Å². The fraction of sp³-hybridized carbons (Fsp3) is 0.410. The predicted octanol–water partition coefficient (Wildman–Crippen LogP) is 3.94. The predicted molar refractivity (Wildman–Crippen MR) is 205 cm³/mol. The van der Waals surface area contributed by atoms with Crippen LogP contribution in [-0.2, 0) is 6.54 Å². The summed E-state index contributed by atoms with van der Waals surface area (Å²) >= 11 is 0. The molecule has 0 amide bonds. The zero-order valence-electron chi connectivity index (χ0n) is 29.5. The first-order valence-corrected chi connectivity index (χ1v) is 17.4. The third-order valence-corrected chi connectivity index (χ3v) is 8.79. The first kappa shape index (κ1) is 36.6. The van der Waals surface area contributed by atoms with E-state index >= 15 is 0 Å². The van der Waals surface area contributed by atoms with Gasteiger partial charge in [-0.15, -0.1) is 0 Å². The van der Waals surface area contributed by atoms with Gasteiger partial charge < -0.3 is 20.6 Å². The van der Waals surface area contributed by atoms with Crippen LogP contribution in [0.5, 0.6) is 17.2 Å². The van der Waals surface area contributed by atoms with Crippen LogP contribution in [0.1, 0.15) is 50.1 Å². The van der Waals surface area contributed by atoms with Crippen molar-refractivity contribution >= 4 is 31.1 Å². The minimum atomic E-state index is 0.173. The molecule has 0 fully saturated rings.